The second kappa shape index (κ2) is 4.20. The monoisotopic (exact) mass is 256 g/mol. The SMILES string of the molecule is CC(C)(Cl)C1CCC[P@]1(=O)c1ccccc1. The van der Waals surface area contributed by atoms with Crippen LogP contribution in [0.1, 0.15) is 26.7 Å². The first-order valence-electron chi connectivity index (χ1n) is 5.78. The number of hydrogen-bond acceptors (Lipinski definition) is 1. The van der Waals surface area contributed by atoms with E-state index >= 15 is 0 Å². The minimum absolute atomic E-state index is 0.129. The molecular formula is C13H18ClOP. The van der Waals surface area contributed by atoms with Gasteiger partial charge in [0.05, 0.1) is 0 Å². The highest BCUT2D eigenvalue weighted by Crippen LogP contribution is 2.61. The molecule has 1 aromatic carbocycles. The number of rotatable bonds is 2. The lowest BCUT2D eigenvalue weighted by atomic mass is 10.1. The molecule has 0 saturated carbocycles. The Kier molecular flexibility index (Phi) is 3.20. The van der Waals surface area contributed by atoms with E-state index < -0.39 is 7.14 Å². The zero-order valence-electron chi connectivity index (χ0n) is 9.82. The Bertz CT molecular complexity index is 408. The van der Waals surface area contributed by atoms with Crippen LogP contribution >= 0.6 is 18.7 Å². The van der Waals surface area contributed by atoms with Crippen molar-refractivity contribution in [2.24, 2.45) is 0 Å². The van der Waals surface area contributed by atoms with Gasteiger partial charge in [0.2, 0.25) is 0 Å². The summed E-state index contributed by atoms with van der Waals surface area (Å²) in [5, 5.41) is 1.01. The fourth-order valence-electron chi connectivity index (χ4n) is 2.71. The third kappa shape index (κ3) is 2.08. The molecule has 3 heteroatoms. The fourth-order valence-corrected chi connectivity index (χ4v) is 7.14. The molecule has 2 rings (SSSR count). The van der Waals surface area contributed by atoms with Crippen LogP contribution in [0.5, 0.6) is 0 Å². The quantitative estimate of drug-likeness (QED) is 0.580. The summed E-state index contributed by atoms with van der Waals surface area (Å²) in [6.45, 7) is 3.97. The van der Waals surface area contributed by atoms with E-state index in [-0.39, 0.29) is 10.5 Å². The van der Waals surface area contributed by atoms with Crippen molar-refractivity contribution in [1.82, 2.24) is 0 Å². The molecule has 1 aliphatic heterocycles. The van der Waals surface area contributed by atoms with Crippen LogP contribution in [0.4, 0.5) is 0 Å². The minimum Gasteiger partial charge on any atom is -0.318 e. The molecule has 0 amide bonds. The predicted octanol–water partition coefficient (Wildman–Crippen LogP) is 3.85. The van der Waals surface area contributed by atoms with E-state index in [2.05, 4.69) is 0 Å². The van der Waals surface area contributed by atoms with Gasteiger partial charge < -0.3 is 4.57 Å². The van der Waals surface area contributed by atoms with E-state index in [9.17, 15) is 4.57 Å². The van der Waals surface area contributed by atoms with Gasteiger partial charge in [-0.1, -0.05) is 30.3 Å². The van der Waals surface area contributed by atoms with Crippen LogP contribution in [0.25, 0.3) is 0 Å². The molecule has 0 aromatic heterocycles. The van der Waals surface area contributed by atoms with Crippen LogP contribution in [0, 0.1) is 0 Å². The maximum absolute atomic E-state index is 13.1. The Hall–Kier alpha value is -0.260. The molecular weight excluding hydrogens is 239 g/mol. The van der Waals surface area contributed by atoms with Gasteiger partial charge in [0, 0.05) is 22.0 Å². The summed E-state index contributed by atoms with van der Waals surface area (Å²) in [6.07, 6.45) is 2.84. The van der Waals surface area contributed by atoms with Gasteiger partial charge in [0.25, 0.3) is 0 Å². The topological polar surface area (TPSA) is 17.1 Å². The molecule has 0 aliphatic carbocycles. The minimum atomic E-state index is -2.29. The van der Waals surface area contributed by atoms with E-state index in [0.29, 0.717) is 0 Å². The van der Waals surface area contributed by atoms with E-state index in [1.165, 1.54) is 0 Å². The van der Waals surface area contributed by atoms with Crippen molar-refractivity contribution >= 4 is 24.0 Å². The van der Waals surface area contributed by atoms with E-state index in [1.54, 1.807) is 0 Å². The Morgan fingerprint density at radius 1 is 1.31 bits per heavy atom. The first-order chi connectivity index (χ1) is 7.44. The van der Waals surface area contributed by atoms with Crippen molar-refractivity contribution in [3.63, 3.8) is 0 Å². The Balaban J connectivity index is 2.42. The Morgan fingerprint density at radius 3 is 2.50 bits per heavy atom. The molecule has 0 N–H and O–H groups in total. The van der Waals surface area contributed by atoms with Crippen LogP contribution in [-0.2, 0) is 4.57 Å². The van der Waals surface area contributed by atoms with Gasteiger partial charge in [0.15, 0.2) is 0 Å². The molecule has 0 spiro atoms. The van der Waals surface area contributed by atoms with E-state index in [4.69, 9.17) is 11.6 Å². The third-order valence-electron chi connectivity index (χ3n) is 3.46. The van der Waals surface area contributed by atoms with Crippen molar-refractivity contribution in [3.05, 3.63) is 30.3 Å². The van der Waals surface area contributed by atoms with Gasteiger partial charge in [0.1, 0.15) is 7.14 Å². The maximum atomic E-state index is 13.1. The van der Waals surface area contributed by atoms with Gasteiger partial charge in [-0.05, 0) is 26.7 Å². The first kappa shape index (κ1) is 12.2. The predicted molar refractivity (Wildman–Crippen MR) is 71.5 cm³/mol. The lowest BCUT2D eigenvalue weighted by Gasteiger charge is -2.30. The first-order valence-corrected chi connectivity index (χ1v) is 8.12. The summed E-state index contributed by atoms with van der Waals surface area (Å²) in [5.41, 5.74) is 0.129. The van der Waals surface area contributed by atoms with Crippen molar-refractivity contribution in [2.45, 2.75) is 37.2 Å². The molecule has 16 heavy (non-hydrogen) atoms. The van der Waals surface area contributed by atoms with Gasteiger partial charge in [-0.3, -0.25) is 0 Å². The zero-order chi connectivity index (χ0) is 11.8. The molecule has 1 aliphatic rings. The highest BCUT2D eigenvalue weighted by molar-refractivity contribution is 7.72. The van der Waals surface area contributed by atoms with Crippen molar-refractivity contribution in [3.8, 4) is 0 Å². The maximum Gasteiger partial charge on any atom is 0.120 e. The van der Waals surface area contributed by atoms with Crippen LogP contribution < -0.4 is 5.30 Å². The summed E-state index contributed by atoms with van der Waals surface area (Å²) < 4.78 is 13.1. The molecule has 1 heterocycles. The largest absolute Gasteiger partial charge is 0.318 e. The van der Waals surface area contributed by atoms with Crippen LogP contribution in [0.15, 0.2) is 30.3 Å². The lowest BCUT2D eigenvalue weighted by Crippen LogP contribution is -2.30. The number of hydrogen-bond donors (Lipinski definition) is 0. The molecule has 2 atom stereocenters. The summed E-state index contributed by atoms with van der Waals surface area (Å²) >= 11 is 6.40. The van der Waals surface area contributed by atoms with Gasteiger partial charge in [-0.15, -0.1) is 11.6 Å². The van der Waals surface area contributed by atoms with Crippen LogP contribution in [-0.4, -0.2) is 16.7 Å². The molecule has 1 aromatic rings. The van der Waals surface area contributed by atoms with E-state index in [0.717, 1.165) is 24.3 Å². The highest BCUT2D eigenvalue weighted by Gasteiger charge is 2.46. The highest BCUT2D eigenvalue weighted by atomic mass is 35.5. The molecule has 0 bridgehead atoms. The summed E-state index contributed by atoms with van der Waals surface area (Å²) in [5.74, 6) is 0. The summed E-state index contributed by atoms with van der Waals surface area (Å²) in [6, 6.07) is 9.87. The Morgan fingerprint density at radius 2 is 1.94 bits per heavy atom. The van der Waals surface area contributed by atoms with Gasteiger partial charge >= 0.3 is 0 Å². The number of alkyl halides is 1. The molecule has 1 fully saturated rings. The van der Waals surface area contributed by atoms with E-state index in [1.807, 2.05) is 44.2 Å². The summed E-state index contributed by atoms with van der Waals surface area (Å²) in [4.78, 5) is -0.373. The second-order valence-corrected chi connectivity index (χ2v) is 9.23. The molecule has 0 radical (unpaired) electrons. The van der Waals surface area contributed by atoms with Crippen molar-refractivity contribution in [2.75, 3.05) is 6.16 Å². The van der Waals surface area contributed by atoms with Gasteiger partial charge in [-0.25, -0.2) is 0 Å². The molecule has 88 valence electrons. The summed E-state index contributed by atoms with van der Waals surface area (Å²) in [7, 11) is -2.29. The Labute approximate surface area is 103 Å². The van der Waals surface area contributed by atoms with Gasteiger partial charge in [-0.2, -0.15) is 0 Å². The van der Waals surface area contributed by atoms with Crippen LogP contribution in [0.3, 0.4) is 0 Å². The van der Waals surface area contributed by atoms with Crippen LogP contribution in [0.2, 0.25) is 0 Å². The molecule has 1 saturated heterocycles. The smallest absolute Gasteiger partial charge is 0.120 e. The lowest BCUT2D eigenvalue weighted by molar-refractivity contribution is 0.554. The average Bonchev–Trinajstić information content (AvgIpc) is 2.63. The van der Waals surface area contributed by atoms with Crippen molar-refractivity contribution in [1.29, 1.82) is 0 Å². The molecule has 1 unspecified atom stereocenters. The molecule has 1 nitrogen and oxygen atoms in total. The standard InChI is InChI=1S/C13H18ClOP/c1-13(2,14)12-9-6-10-16(12,15)11-7-4-3-5-8-11/h3-5,7-8,12H,6,9-10H2,1-2H3/t12?,16-/m0/s1. The second-order valence-electron chi connectivity index (χ2n) is 5.08. The van der Waals surface area contributed by atoms with Crippen molar-refractivity contribution < 1.29 is 4.57 Å². The fraction of sp³-hybridized carbons (Fsp3) is 0.538. The normalized spacial score (nSPS) is 30.6. The average molecular weight is 257 g/mol. The third-order valence-corrected chi connectivity index (χ3v) is 7.94. The zero-order valence-corrected chi connectivity index (χ0v) is 11.5. The number of halogens is 1. The number of benzene rings is 1.